The first-order valence-corrected chi connectivity index (χ1v) is 6.80. The molecule has 1 aromatic rings. The monoisotopic (exact) mass is 282 g/mol. The number of hydrogen-bond donors (Lipinski definition) is 1. The second kappa shape index (κ2) is 6.23. The van der Waals surface area contributed by atoms with Gasteiger partial charge in [-0.2, -0.15) is 0 Å². The number of methoxy groups -OCH3 is 1. The van der Waals surface area contributed by atoms with E-state index >= 15 is 0 Å². The van der Waals surface area contributed by atoms with Crippen molar-refractivity contribution in [3.63, 3.8) is 0 Å². The van der Waals surface area contributed by atoms with Gasteiger partial charge in [0.15, 0.2) is 0 Å². The Morgan fingerprint density at radius 3 is 2.50 bits per heavy atom. The Morgan fingerprint density at radius 1 is 1.25 bits per heavy atom. The van der Waals surface area contributed by atoms with E-state index in [0.717, 1.165) is 32.7 Å². The number of nitrogens with zero attached hydrogens (tertiary/aromatic N) is 3. The van der Waals surface area contributed by atoms with E-state index in [-0.39, 0.29) is 11.4 Å². The van der Waals surface area contributed by atoms with Gasteiger partial charge in [-0.25, -0.2) is 9.59 Å². The number of likely N-dealkylation sites (N-methyl/N-ethyl adjacent to an activating group) is 1. The van der Waals surface area contributed by atoms with Gasteiger partial charge in [0.05, 0.1) is 12.8 Å². The molecule has 1 fully saturated rings. The third-order valence-corrected chi connectivity index (χ3v) is 3.88. The number of ether oxygens (including phenoxy) is 1. The first kappa shape index (κ1) is 14.8. The maximum absolute atomic E-state index is 11.7. The molecule has 7 heteroatoms. The van der Waals surface area contributed by atoms with E-state index < -0.39 is 5.97 Å². The fraction of sp³-hybridized carbons (Fsp3) is 0.692. The highest BCUT2D eigenvalue weighted by Crippen LogP contribution is 2.08. The molecule has 2 heterocycles. The van der Waals surface area contributed by atoms with Crippen LogP contribution in [-0.2, 0) is 18.2 Å². The number of esters is 1. The lowest BCUT2D eigenvalue weighted by Gasteiger charge is -2.32. The van der Waals surface area contributed by atoms with Crippen LogP contribution in [0.1, 0.15) is 16.2 Å². The van der Waals surface area contributed by atoms with Gasteiger partial charge < -0.3 is 14.5 Å². The van der Waals surface area contributed by atoms with E-state index in [1.165, 1.54) is 11.7 Å². The Balaban J connectivity index is 2.05. The van der Waals surface area contributed by atoms with Crippen LogP contribution >= 0.6 is 0 Å². The Labute approximate surface area is 118 Å². The van der Waals surface area contributed by atoms with E-state index in [1.54, 1.807) is 7.05 Å². The third kappa shape index (κ3) is 3.10. The van der Waals surface area contributed by atoms with Gasteiger partial charge in [0.25, 0.3) is 0 Å². The topological polar surface area (TPSA) is 70.6 Å². The number of hydrogen-bond acceptors (Lipinski definition) is 5. The summed E-state index contributed by atoms with van der Waals surface area (Å²) < 4.78 is 6.20. The fourth-order valence-corrected chi connectivity index (χ4v) is 2.45. The van der Waals surface area contributed by atoms with Crippen LogP contribution in [0, 0.1) is 0 Å². The molecule has 0 atom stereocenters. The zero-order valence-electron chi connectivity index (χ0n) is 12.3. The maximum Gasteiger partial charge on any atom is 0.356 e. The van der Waals surface area contributed by atoms with Crippen molar-refractivity contribution in [2.45, 2.75) is 6.42 Å². The second-order valence-corrected chi connectivity index (χ2v) is 5.20. The summed E-state index contributed by atoms with van der Waals surface area (Å²) in [7, 11) is 5.10. The van der Waals surface area contributed by atoms with Crippen LogP contribution in [0.5, 0.6) is 0 Å². The molecule has 0 bridgehead atoms. The molecule has 0 spiro atoms. The van der Waals surface area contributed by atoms with Crippen LogP contribution in [0.3, 0.4) is 0 Å². The number of imidazole rings is 1. The summed E-state index contributed by atoms with van der Waals surface area (Å²) in [6.45, 7) is 4.97. The molecule has 1 saturated heterocycles. The Kier molecular flexibility index (Phi) is 4.61. The normalized spacial score (nSPS) is 17.4. The first-order valence-electron chi connectivity index (χ1n) is 6.80. The van der Waals surface area contributed by atoms with Gasteiger partial charge in [-0.15, -0.1) is 0 Å². The minimum absolute atomic E-state index is 0.272. The fourth-order valence-electron chi connectivity index (χ4n) is 2.45. The summed E-state index contributed by atoms with van der Waals surface area (Å²) in [5, 5.41) is 0. The zero-order valence-corrected chi connectivity index (χ0v) is 12.3. The van der Waals surface area contributed by atoms with Gasteiger partial charge >= 0.3 is 11.7 Å². The van der Waals surface area contributed by atoms with Gasteiger partial charge in [-0.1, -0.05) is 0 Å². The lowest BCUT2D eigenvalue weighted by Crippen LogP contribution is -2.45. The minimum Gasteiger partial charge on any atom is -0.464 e. The average Bonchev–Trinajstić information content (AvgIpc) is 2.73. The molecule has 7 nitrogen and oxygen atoms in total. The number of rotatable bonds is 4. The molecule has 112 valence electrons. The van der Waals surface area contributed by atoms with Crippen molar-refractivity contribution >= 4 is 5.97 Å². The van der Waals surface area contributed by atoms with Crippen molar-refractivity contribution < 1.29 is 9.53 Å². The van der Waals surface area contributed by atoms with Crippen molar-refractivity contribution in [3.8, 4) is 0 Å². The molecule has 0 radical (unpaired) electrons. The molecule has 0 saturated carbocycles. The maximum atomic E-state index is 11.7. The quantitative estimate of drug-likeness (QED) is 0.739. The van der Waals surface area contributed by atoms with Crippen LogP contribution in [-0.4, -0.2) is 72.2 Å². The third-order valence-electron chi connectivity index (χ3n) is 3.88. The molecule has 1 aromatic heterocycles. The second-order valence-electron chi connectivity index (χ2n) is 5.20. The molecular weight excluding hydrogens is 260 g/mol. The number of carbonyl (C=O) groups is 1. The van der Waals surface area contributed by atoms with Crippen LogP contribution in [0.25, 0.3) is 0 Å². The van der Waals surface area contributed by atoms with Crippen LogP contribution < -0.4 is 5.69 Å². The molecule has 0 aliphatic carbocycles. The van der Waals surface area contributed by atoms with Crippen molar-refractivity contribution in [3.05, 3.63) is 21.9 Å². The molecular formula is C13H22N4O3. The van der Waals surface area contributed by atoms with E-state index in [1.807, 2.05) is 0 Å². The van der Waals surface area contributed by atoms with E-state index in [0.29, 0.717) is 12.1 Å². The van der Waals surface area contributed by atoms with E-state index in [4.69, 9.17) is 4.74 Å². The van der Waals surface area contributed by atoms with Crippen LogP contribution in [0.4, 0.5) is 0 Å². The van der Waals surface area contributed by atoms with Crippen molar-refractivity contribution in [2.75, 3.05) is 46.9 Å². The highest BCUT2D eigenvalue weighted by molar-refractivity contribution is 5.88. The van der Waals surface area contributed by atoms with E-state index in [2.05, 4.69) is 21.8 Å². The molecule has 20 heavy (non-hydrogen) atoms. The molecule has 1 N–H and O–H groups in total. The number of aromatic amines is 1. The lowest BCUT2D eigenvalue weighted by atomic mass is 10.2. The summed E-state index contributed by atoms with van der Waals surface area (Å²) in [6.07, 6.45) is 0.656. The Morgan fingerprint density at radius 2 is 1.90 bits per heavy atom. The number of aromatic nitrogens is 2. The van der Waals surface area contributed by atoms with E-state index in [9.17, 15) is 9.59 Å². The minimum atomic E-state index is -0.490. The zero-order chi connectivity index (χ0) is 14.7. The molecule has 1 aliphatic rings. The number of H-pyrrole nitrogens is 1. The van der Waals surface area contributed by atoms with Gasteiger partial charge in [0.1, 0.15) is 5.69 Å². The molecule has 0 amide bonds. The summed E-state index contributed by atoms with van der Waals surface area (Å²) in [5.74, 6) is -0.490. The highest BCUT2D eigenvalue weighted by Gasteiger charge is 2.20. The summed E-state index contributed by atoms with van der Waals surface area (Å²) in [6, 6.07) is 0. The first-order chi connectivity index (χ1) is 9.52. The van der Waals surface area contributed by atoms with Gasteiger partial charge in [0.2, 0.25) is 0 Å². The van der Waals surface area contributed by atoms with Gasteiger partial charge in [0, 0.05) is 46.2 Å². The summed E-state index contributed by atoms with van der Waals surface area (Å²) in [5.41, 5.74) is 0.702. The summed E-state index contributed by atoms with van der Waals surface area (Å²) >= 11 is 0. The number of carbonyl (C=O) groups excluding carboxylic acids is 1. The number of nitrogens with one attached hydrogen (secondary N) is 1. The predicted molar refractivity (Wildman–Crippen MR) is 75.0 cm³/mol. The van der Waals surface area contributed by atoms with Crippen molar-refractivity contribution in [1.29, 1.82) is 0 Å². The Bertz CT molecular complexity index is 526. The predicted octanol–water partition coefficient (Wildman–Crippen LogP) is -0.710. The Hall–Kier alpha value is -1.60. The molecule has 1 aliphatic heterocycles. The summed E-state index contributed by atoms with van der Waals surface area (Å²) in [4.78, 5) is 30.5. The molecule has 0 aromatic carbocycles. The average molecular weight is 282 g/mol. The van der Waals surface area contributed by atoms with Crippen molar-refractivity contribution in [2.24, 2.45) is 7.05 Å². The van der Waals surface area contributed by atoms with Crippen LogP contribution in [0.15, 0.2) is 4.79 Å². The lowest BCUT2D eigenvalue weighted by molar-refractivity contribution is 0.0592. The largest absolute Gasteiger partial charge is 0.464 e. The molecule has 0 unspecified atom stereocenters. The highest BCUT2D eigenvalue weighted by atomic mass is 16.5. The van der Waals surface area contributed by atoms with Crippen LogP contribution in [0.2, 0.25) is 0 Å². The van der Waals surface area contributed by atoms with Crippen molar-refractivity contribution in [1.82, 2.24) is 19.4 Å². The standard InChI is InChI=1S/C13H22N4O3/c1-15-6-8-17(9-7-15)5-4-10-11(12(18)20-3)14-13(19)16(10)2/h4-9H2,1-3H3,(H,14,19). The SMILES string of the molecule is COC(=O)c1[nH]c(=O)n(C)c1CCN1CCN(C)CC1. The van der Waals surface area contributed by atoms with Gasteiger partial charge in [-0.3, -0.25) is 9.55 Å². The van der Waals surface area contributed by atoms with Gasteiger partial charge in [-0.05, 0) is 7.05 Å². The molecule has 2 rings (SSSR count). The smallest absolute Gasteiger partial charge is 0.356 e. The number of piperazine rings is 1.